The number of thioether (sulfide) groups is 1. The molecule has 6 amide bonds. The smallest absolute Gasteiger partial charge is 0.322 e. The number of amides is 6. The van der Waals surface area contributed by atoms with Crippen molar-refractivity contribution in [3.63, 3.8) is 0 Å². The van der Waals surface area contributed by atoms with Crippen molar-refractivity contribution in [1.29, 1.82) is 0 Å². The first-order valence-electron chi connectivity index (χ1n) is 15.3. The molecule has 7 atom stereocenters. The Morgan fingerprint density at radius 3 is 1.61 bits per heavy atom. The van der Waals surface area contributed by atoms with Gasteiger partial charge in [-0.2, -0.15) is 11.8 Å². The van der Waals surface area contributed by atoms with E-state index in [4.69, 9.17) is 15.9 Å². The number of aliphatic carboxylic acids is 3. The van der Waals surface area contributed by atoms with Gasteiger partial charge in [0.15, 0.2) is 0 Å². The predicted octanol–water partition coefficient (Wildman–Crippen LogP) is -5.76. The molecule has 0 fully saturated rings. The van der Waals surface area contributed by atoms with Crippen LogP contribution in [0.2, 0.25) is 0 Å². The Kier molecular flexibility index (Phi) is 24.2. The van der Waals surface area contributed by atoms with Crippen LogP contribution in [0.4, 0.5) is 0 Å². The summed E-state index contributed by atoms with van der Waals surface area (Å²) in [5, 5.41) is 58.2. The molecule has 0 saturated carbocycles. The largest absolute Gasteiger partial charge is 0.481 e. The molecule has 23 heteroatoms. The number of nitrogens with two attached hydrogens (primary N) is 2. The molecule has 0 radical (unpaired) electrons. The van der Waals surface area contributed by atoms with Gasteiger partial charge >= 0.3 is 17.9 Å². The second kappa shape index (κ2) is 25.4. The topological polar surface area (TPSA) is 379 Å². The fourth-order valence-electron chi connectivity index (χ4n) is 3.58. The highest BCUT2D eigenvalue weighted by atomic mass is 32.2. The number of aliphatic hydroxyl groups excluding tert-OH is 2. The quantitative estimate of drug-likeness (QED) is 0.0489. The lowest BCUT2D eigenvalue weighted by Crippen LogP contribution is -2.60. The highest BCUT2D eigenvalue weighted by Crippen LogP contribution is 2.07. The van der Waals surface area contributed by atoms with Crippen LogP contribution >= 0.6 is 11.8 Å². The summed E-state index contributed by atoms with van der Waals surface area (Å²) >= 11 is 1.29. The van der Waals surface area contributed by atoms with Gasteiger partial charge in [-0.15, -0.1) is 0 Å². The van der Waals surface area contributed by atoms with Crippen molar-refractivity contribution in [2.45, 2.75) is 82.9 Å². The monoisotopic (exact) mass is 754 g/mol. The van der Waals surface area contributed by atoms with E-state index in [-0.39, 0.29) is 13.0 Å². The number of nitrogens with one attached hydrogen (secondary N) is 6. The van der Waals surface area contributed by atoms with Crippen LogP contribution in [0.15, 0.2) is 0 Å². The van der Waals surface area contributed by atoms with Gasteiger partial charge in [0.05, 0.1) is 25.7 Å². The molecule has 0 aromatic carbocycles. The molecule has 292 valence electrons. The van der Waals surface area contributed by atoms with Crippen LogP contribution in [0, 0.1) is 5.92 Å². The van der Waals surface area contributed by atoms with Crippen molar-refractivity contribution in [3.05, 3.63) is 0 Å². The molecule has 0 bridgehead atoms. The second-order valence-corrected chi connectivity index (χ2v) is 12.2. The third-order valence-corrected chi connectivity index (χ3v) is 7.12. The fourth-order valence-corrected chi connectivity index (χ4v) is 4.05. The zero-order valence-corrected chi connectivity index (χ0v) is 29.7. The fraction of sp³-hybridized carbons (Fsp3) is 0.679. The van der Waals surface area contributed by atoms with Gasteiger partial charge in [0.2, 0.25) is 35.4 Å². The second-order valence-electron chi connectivity index (χ2n) is 11.2. The number of carboxylic acid groups (broad SMARTS) is 3. The van der Waals surface area contributed by atoms with E-state index in [2.05, 4.69) is 32.3 Å². The van der Waals surface area contributed by atoms with E-state index < -0.39 is 121 Å². The van der Waals surface area contributed by atoms with E-state index in [0.717, 1.165) is 0 Å². The maximum Gasteiger partial charge on any atom is 0.322 e. The summed E-state index contributed by atoms with van der Waals surface area (Å²) in [5.41, 5.74) is 10.1. The van der Waals surface area contributed by atoms with Crippen LogP contribution in [-0.2, 0) is 43.2 Å². The van der Waals surface area contributed by atoms with Crippen molar-refractivity contribution < 1.29 is 68.7 Å². The van der Waals surface area contributed by atoms with Gasteiger partial charge < -0.3 is 68.9 Å². The molecule has 0 rings (SSSR count). The summed E-state index contributed by atoms with van der Waals surface area (Å²) < 4.78 is 0. The van der Waals surface area contributed by atoms with Crippen LogP contribution in [-0.4, -0.2) is 153 Å². The molecule has 0 heterocycles. The Bertz CT molecular complexity index is 1220. The van der Waals surface area contributed by atoms with Crippen molar-refractivity contribution >= 4 is 65.1 Å². The Hall–Kier alpha value is -4.58. The minimum absolute atomic E-state index is 0.0195. The van der Waals surface area contributed by atoms with Gasteiger partial charge in [-0.05, 0) is 38.2 Å². The number of aliphatic hydroxyl groups is 2. The van der Waals surface area contributed by atoms with Crippen LogP contribution in [0.5, 0.6) is 0 Å². The van der Waals surface area contributed by atoms with Gasteiger partial charge in [-0.1, -0.05) is 13.8 Å². The molecule has 22 nitrogen and oxygen atoms in total. The van der Waals surface area contributed by atoms with Crippen molar-refractivity contribution in [1.82, 2.24) is 31.9 Å². The minimum Gasteiger partial charge on any atom is -0.481 e. The number of carbonyl (C=O) groups excluding carboxylic acids is 6. The van der Waals surface area contributed by atoms with Crippen LogP contribution in [0.25, 0.3) is 0 Å². The standard InChI is InChI=1S/C26H45N7O12S.C2H5NO2/c1-11(2)20(33-21(40)12(3)29-25(44)19(27)13(4)35)26(45)31-15(8-17(36)37)24(43)30-14(6-7-46-5)23(42)32-16(10-34)22(41)28-9-18(38)39;3-1-2(4)5/h11-16,19-20,34-35H,6-10,27H2,1-5H3,(H,28,41)(H,29,44)(H,30,43)(H,31,45)(H,32,42)(H,33,40)(H,36,37)(H,38,39);1,3H2,(H,4,5). The molecule has 0 aromatic heterocycles. The molecule has 15 N–H and O–H groups in total. The van der Waals surface area contributed by atoms with Gasteiger partial charge in [0.1, 0.15) is 42.8 Å². The Balaban J connectivity index is 0. The van der Waals surface area contributed by atoms with E-state index >= 15 is 0 Å². The van der Waals surface area contributed by atoms with E-state index in [1.807, 2.05) is 5.32 Å². The zero-order chi connectivity index (χ0) is 40.0. The first-order chi connectivity index (χ1) is 23.6. The van der Waals surface area contributed by atoms with Gasteiger partial charge in [0, 0.05) is 0 Å². The molecule has 0 aromatic rings. The lowest BCUT2D eigenvalue weighted by Gasteiger charge is -2.27. The van der Waals surface area contributed by atoms with Crippen LogP contribution < -0.4 is 43.4 Å². The first kappa shape index (κ1) is 48.5. The number of rotatable bonds is 22. The summed E-state index contributed by atoms with van der Waals surface area (Å²) in [4.78, 5) is 108. The summed E-state index contributed by atoms with van der Waals surface area (Å²) in [6.07, 6.45) is -0.441. The Morgan fingerprint density at radius 2 is 1.18 bits per heavy atom. The normalized spacial score (nSPS) is 14.7. The van der Waals surface area contributed by atoms with Gasteiger partial charge in [-0.3, -0.25) is 43.2 Å². The molecular weight excluding hydrogens is 704 g/mol. The maximum atomic E-state index is 13.2. The zero-order valence-electron chi connectivity index (χ0n) is 28.8. The van der Waals surface area contributed by atoms with E-state index in [0.29, 0.717) is 5.75 Å². The predicted molar refractivity (Wildman–Crippen MR) is 179 cm³/mol. The number of hydrogen-bond acceptors (Lipinski definition) is 14. The summed E-state index contributed by atoms with van der Waals surface area (Å²) in [6.45, 7) is 3.72. The first-order valence-corrected chi connectivity index (χ1v) is 16.7. The Morgan fingerprint density at radius 1 is 0.667 bits per heavy atom. The maximum absolute atomic E-state index is 13.2. The number of carbonyl (C=O) groups is 9. The van der Waals surface area contributed by atoms with E-state index in [9.17, 15) is 58.5 Å². The third kappa shape index (κ3) is 20.6. The van der Waals surface area contributed by atoms with Crippen molar-refractivity contribution in [3.8, 4) is 0 Å². The summed E-state index contributed by atoms with van der Waals surface area (Å²) in [7, 11) is 0. The minimum atomic E-state index is -1.73. The average molecular weight is 755 g/mol. The SMILES string of the molecule is CSCCC(NC(=O)C(CC(=O)O)NC(=O)C(NC(=O)C(C)NC(=O)C(N)C(C)O)C(C)C)C(=O)NC(CO)C(=O)NCC(=O)O.NCC(=O)O. The summed E-state index contributed by atoms with van der Waals surface area (Å²) in [6, 6.07) is -8.50. The molecule has 51 heavy (non-hydrogen) atoms. The number of hydrogen-bond donors (Lipinski definition) is 13. The highest BCUT2D eigenvalue weighted by molar-refractivity contribution is 7.98. The lowest BCUT2D eigenvalue weighted by molar-refractivity contribution is -0.142. The van der Waals surface area contributed by atoms with Gasteiger partial charge in [0.25, 0.3) is 0 Å². The molecule has 0 saturated heterocycles. The van der Waals surface area contributed by atoms with Crippen LogP contribution in [0.3, 0.4) is 0 Å². The molecule has 0 aliphatic rings. The van der Waals surface area contributed by atoms with Gasteiger partial charge in [-0.25, -0.2) is 0 Å². The summed E-state index contributed by atoms with van der Waals surface area (Å²) in [5.74, 6) is -9.76. The average Bonchev–Trinajstić information content (AvgIpc) is 3.05. The van der Waals surface area contributed by atoms with Crippen molar-refractivity contribution in [2.24, 2.45) is 17.4 Å². The molecule has 7 unspecified atom stereocenters. The number of carboxylic acids is 3. The molecule has 0 spiro atoms. The van der Waals surface area contributed by atoms with E-state index in [1.54, 1.807) is 20.1 Å². The highest BCUT2D eigenvalue weighted by Gasteiger charge is 2.34. The molecule has 0 aliphatic heterocycles. The third-order valence-electron chi connectivity index (χ3n) is 6.48. The lowest BCUT2D eigenvalue weighted by atomic mass is 10.0. The molecular formula is C28H50N8O14S. The molecule has 0 aliphatic carbocycles. The van der Waals surface area contributed by atoms with Crippen molar-refractivity contribution in [2.75, 3.05) is 31.7 Å². The van der Waals surface area contributed by atoms with Crippen LogP contribution in [0.1, 0.15) is 40.5 Å². The van der Waals surface area contributed by atoms with E-state index in [1.165, 1.54) is 25.6 Å². The Labute approximate surface area is 297 Å².